The van der Waals surface area contributed by atoms with Gasteiger partial charge in [-0.05, 0) is 41.7 Å². The van der Waals surface area contributed by atoms with E-state index in [0.717, 1.165) is 23.3 Å². The van der Waals surface area contributed by atoms with Crippen molar-refractivity contribution < 1.29 is 24.2 Å². The summed E-state index contributed by atoms with van der Waals surface area (Å²) < 4.78 is 10.8. The van der Waals surface area contributed by atoms with Crippen molar-refractivity contribution >= 4 is 17.6 Å². The molecule has 1 heterocycles. The highest BCUT2D eigenvalue weighted by atomic mass is 16.5. The van der Waals surface area contributed by atoms with Crippen molar-refractivity contribution in [2.75, 3.05) is 14.2 Å². The molecule has 0 fully saturated rings. The van der Waals surface area contributed by atoms with Crippen LogP contribution in [0.1, 0.15) is 55.3 Å². The number of nitrogens with zero attached hydrogens (tertiary/aromatic N) is 2. The van der Waals surface area contributed by atoms with Gasteiger partial charge in [-0.15, -0.1) is 0 Å². The number of aliphatic carboxylic acids is 1. The number of carboxylic acids is 1. The van der Waals surface area contributed by atoms with Crippen LogP contribution in [-0.4, -0.2) is 41.9 Å². The summed E-state index contributed by atoms with van der Waals surface area (Å²) in [6.45, 7) is 2.10. The largest absolute Gasteiger partial charge is 0.497 e. The molecule has 1 aliphatic heterocycles. The van der Waals surface area contributed by atoms with Crippen LogP contribution >= 0.6 is 0 Å². The Morgan fingerprint density at radius 2 is 1.71 bits per heavy atom. The van der Waals surface area contributed by atoms with E-state index in [2.05, 4.69) is 24.2 Å². The Balaban J connectivity index is 1.92. The smallest absolute Gasteiger partial charge is 0.303 e. The third kappa shape index (κ3) is 5.42. The minimum atomic E-state index is -0.913. The predicted octanol–water partition coefficient (Wildman–Crippen LogP) is 4.20. The molecule has 0 radical (unpaired) electrons. The minimum Gasteiger partial charge on any atom is -0.497 e. The Labute approximate surface area is 182 Å². The van der Waals surface area contributed by atoms with Gasteiger partial charge in [-0.3, -0.25) is 9.59 Å². The van der Waals surface area contributed by atoms with Crippen LogP contribution in [0.3, 0.4) is 0 Å². The van der Waals surface area contributed by atoms with E-state index >= 15 is 0 Å². The molecule has 3 rings (SSSR count). The van der Waals surface area contributed by atoms with Crippen LogP contribution in [0.4, 0.5) is 0 Å². The number of rotatable bonds is 9. The van der Waals surface area contributed by atoms with Gasteiger partial charge in [0.25, 0.3) is 0 Å². The van der Waals surface area contributed by atoms with Gasteiger partial charge in [-0.25, -0.2) is 5.01 Å². The summed E-state index contributed by atoms with van der Waals surface area (Å²) in [6.07, 6.45) is 1.84. The van der Waals surface area contributed by atoms with Crippen LogP contribution in [0.15, 0.2) is 47.6 Å². The molecule has 7 nitrogen and oxygen atoms in total. The molecule has 1 atom stereocenters. The van der Waals surface area contributed by atoms with Crippen molar-refractivity contribution in [2.45, 2.75) is 45.1 Å². The molecule has 0 saturated carbocycles. The molecule has 0 spiro atoms. The van der Waals surface area contributed by atoms with Gasteiger partial charge >= 0.3 is 5.97 Å². The van der Waals surface area contributed by atoms with E-state index in [0.29, 0.717) is 17.9 Å². The Hall–Kier alpha value is -3.35. The Morgan fingerprint density at radius 1 is 1.06 bits per heavy atom. The van der Waals surface area contributed by atoms with Gasteiger partial charge in [0, 0.05) is 25.3 Å². The van der Waals surface area contributed by atoms with E-state index in [1.54, 1.807) is 20.3 Å². The van der Waals surface area contributed by atoms with Gasteiger partial charge in [-0.1, -0.05) is 31.2 Å². The van der Waals surface area contributed by atoms with Gasteiger partial charge in [0.15, 0.2) is 0 Å². The molecule has 0 aliphatic carbocycles. The molecule has 0 aromatic heterocycles. The van der Waals surface area contributed by atoms with Crippen molar-refractivity contribution in [2.24, 2.45) is 5.10 Å². The van der Waals surface area contributed by atoms with Crippen molar-refractivity contribution in [1.82, 2.24) is 5.01 Å². The molecule has 31 heavy (non-hydrogen) atoms. The number of hydrazone groups is 1. The van der Waals surface area contributed by atoms with Gasteiger partial charge in [0.05, 0.1) is 26.0 Å². The van der Waals surface area contributed by atoms with Crippen LogP contribution in [-0.2, 0) is 16.0 Å². The lowest BCUT2D eigenvalue weighted by molar-refractivity contribution is -0.137. The molecule has 0 bridgehead atoms. The summed E-state index contributed by atoms with van der Waals surface area (Å²) >= 11 is 0. The second-order valence-corrected chi connectivity index (χ2v) is 7.45. The predicted molar refractivity (Wildman–Crippen MR) is 118 cm³/mol. The highest BCUT2D eigenvalue weighted by Crippen LogP contribution is 2.37. The zero-order chi connectivity index (χ0) is 22.4. The molecule has 2 aromatic rings. The van der Waals surface area contributed by atoms with Crippen LogP contribution in [0.5, 0.6) is 11.5 Å². The number of carboxylic acid groups (broad SMARTS) is 1. The first-order chi connectivity index (χ1) is 14.9. The third-order valence-corrected chi connectivity index (χ3v) is 5.40. The summed E-state index contributed by atoms with van der Waals surface area (Å²) in [5, 5.41) is 15.0. The van der Waals surface area contributed by atoms with Crippen LogP contribution in [0.2, 0.25) is 0 Å². The number of hydrogen-bond acceptors (Lipinski definition) is 5. The molecule has 1 aliphatic rings. The number of methoxy groups -OCH3 is 2. The summed E-state index contributed by atoms with van der Waals surface area (Å²) in [7, 11) is 3.17. The number of carbonyl (C=O) groups is 2. The average molecular weight is 424 g/mol. The first-order valence-corrected chi connectivity index (χ1v) is 10.4. The average Bonchev–Trinajstić information content (AvgIpc) is 3.24. The number of aryl methyl sites for hydroxylation is 1. The van der Waals surface area contributed by atoms with Crippen molar-refractivity contribution in [3.05, 3.63) is 59.2 Å². The number of carbonyl (C=O) groups excluding carboxylic acids is 1. The Bertz CT molecular complexity index is 946. The first-order valence-electron chi connectivity index (χ1n) is 10.4. The molecule has 164 valence electrons. The highest BCUT2D eigenvalue weighted by Gasteiger charge is 2.33. The zero-order valence-electron chi connectivity index (χ0n) is 18.1. The topological polar surface area (TPSA) is 88.4 Å². The minimum absolute atomic E-state index is 0.0493. The fourth-order valence-corrected chi connectivity index (χ4v) is 3.63. The monoisotopic (exact) mass is 424 g/mol. The summed E-state index contributed by atoms with van der Waals surface area (Å²) in [5.74, 6) is 0.151. The SMILES string of the molecule is CCc1ccc(C2=NN(C(=O)CCCC(=O)O)[C@@H](c3cc(OC)cc(OC)c3)C2)cc1. The number of ether oxygens (including phenoxy) is 2. The number of benzene rings is 2. The van der Waals surface area contributed by atoms with Crippen molar-refractivity contribution in [1.29, 1.82) is 0 Å². The molecule has 7 heteroatoms. The van der Waals surface area contributed by atoms with Crippen molar-refractivity contribution in [3.63, 3.8) is 0 Å². The molecule has 0 saturated heterocycles. The van der Waals surface area contributed by atoms with Crippen molar-refractivity contribution in [3.8, 4) is 11.5 Å². The van der Waals surface area contributed by atoms with E-state index in [4.69, 9.17) is 14.6 Å². The number of amides is 1. The van der Waals surface area contributed by atoms with Crippen LogP contribution < -0.4 is 9.47 Å². The van der Waals surface area contributed by atoms with Crippen LogP contribution in [0, 0.1) is 0 Å². The normalized spacial score (nSPS) is 15.5. The summed E-state index contributed by atoms with van der Waals surface area (Å²) in [4.78, 5) is 23.8. The summed E-state index contributed by atoms with van der Waals surface area (Å²) in [6, 6.07) is 13.4. The lowest BCUT2D eigenvalue weighted by Gasteiger charge is -2.23. The maximum Gasteiger partial charge on any atom is 0.303 e. The zero-order valence-corrected chi connectivity index (χ0v) is 18.1. The maximum absolute atomic E-state index is 13.0. The number of hydrogen-bond donors (Lipinski definition) is 1. The molecule has 1 amide bonds. The second-order valence-electron chi connectivity index (χ2n) is 7.45. The summed E-state index contributed by atoms with van der Waals surface area (Å²) in [5.41, 5.74) is 3.88. The lowest BCUT2D eigenvalue weighted by atomic mass is 9.97. The van der Waals surface area contributed by atoms with E-state index in [9.17, 15) is 9.59 Å². The molecular weight excluding hydrogens is 396 g/mol. The Morgan fingerprint density at radius 3 is 2.26 bits per heavy atom. The quantitative estimate of drug-likeness (QED) is 0.652. The van der Waals surface area contributed by atoms with E-state index in [1.807, 2.05) is 24.3 Å². The fourth-order valence-electron chi connectivity index (χ4n) is 3.63. The first kappa shape index (κ1) is 22.3. The van der Waals surface area contributed by atoms with E-state index in [1.165, 1.54) is 10.6 Å². The maximum atomic E-state index is 13.0. The molecule has 0 unspecified atom stereocenters. The van der Waals surface area contributed by atoms with E-state index in [-0.39, 0.29) is 31.2 Å². The molecule has 1 N–H and O–H groups in total. The Kier molecular flexibility index (Phi) is 7.28. The van der Waals surface area contributed by atoms with Gasteiger partial charge in [-0.2, -0.15) is 5.10 Å². The molecule has 2 aromatic carbocycles. The third-order valence-electron chi connectivity index (χ3n) is 5.40. The molecular formula is C24H28N2O5. The van der Waals surface area contributed by atoms with Crippen LogP contribution in [0.25, 0.3) is 0 Å². The lowest BCUT2D eigenvalue weighted by Crippen LogP contribution is -2.27. The standard InChI is InChI=1S/C24H28N2O5/c1-4-16-8-10-17(11-9-16)21-15-22(18-12-19(30-2)14-20(13-18)31-3)26(25-21)23(27)6-5-7-24(28)29/h8-14,22H,4-7,15H2,1-3H3,(H,28,29)/t22-/m1/s1. The van der Waals surface area contributed by atoms with Gasteiger partial charge < -0.3 is 14.6 Å². The van der Waals surface area contributed by atoms with Gasteiger partial charge in [0.2, 0.25) is 5.91 Å². The van der Waals surface area contributed by atoms with E-state index < -0.39 is 5.97 Å². The fraction of sp³-hybridized carbons (Fsp3) is 0.375. The van der Waals surface area contributed by atoms with Gasteiger partial charge in [0.1, 0.15) is 11.5 Å². The highest BCUT2D eigenvalue weighted by molar-refractivity contribution is 6.03. The second kappa shape index (κ2) is 10.1.